The number of nitrogens with one attached hydrogen (secondary N) is 2. The molecule has 0 aromatic heterocycles. The van der Waals surface area contributed by atoms with E-state index in [1.807, 2.05) is 0 Å². The first-order chi connectivity index (χ1) is 14.9. The summed E-state index contributed by atoms with van der Waals surface area (Å²) >= 11 is 0. The fourth-order valence-electron chi connectivity index (χ4n) is 2.65. The lowest BCUT2D eigenvalue weighted by molar-refractivity contribution is 0.102. The lowest BCUT2D eigenvalue weighted by atomic mass is 10.2. The molecule has 0 fully saturated rings. The van der Waals surface area contributed by atoms with Crippen molar-refractivity contribution < 1.29 is 22.7 Å². The Morgan fingerprint density at radius 1 is 0.903 bits per heavy atom. The molecule has 7 nitrogen and oxygen atoms in total. The van der Waals surface area contributed by atoms with Crippen LogP contribution in [0, 0.1) is 0 Å². The third kappa shape index (κ3) is 5.86. The monoisotopic (exact) mass is 438 g/mol. The Morgan fingerprint density at radius 3 is 2.06 bits per heavy atom. The fourth-order valence-corrected chi connectivity index (χ4v) is 3.71. The van der Waals surface area contributed by atoms with Crippen LogP contribution in [-0.4, -0.2) is 28.0 Å². The molecule has 0 aliphatic rings. The summed E-state index contributed by atoms with van der Waals surface area (Å²) in [5.41, 5.74) is 1.34. The zero-order valence-electron chi connectivity index (χ0n) is 16.9. The zero-order chi connectivity index (χ0) is 22.3. The maximum absolute atomic E-state index is 12.5. The van der Waals surface area contributed by atoms with E-state index in [-0.39, 0.29) is 10.8 Å². The SMILES string of the molecule is C=CCOc1ccc(NC(=O)c2ccc(NS(=O)(=O)c3ccc(OC)cc3)cc2)cc1. The summed E-state index contributed by atoms with van der Waals surface area (Å²) in [5.74, 6) is 0.920. The maximum atomic E-state index is 12.5. The van der Waals surface area contributed by atoms with E-state index < -0.39 is 10.0 Å². The van der Waals surface area contributed by atoms with Crippen LogP contribution in [0.4, 0.5) is 11.4 Å². The second-order valence-corrected chi connectivity index (χ2v) is 8.12. The van der Waals surface area contributed by atoms with Gasteiger partial charge in [-0.25, -0.2) is 8.42 Å². The number of rotatable bonds is 9. The predicted molar refractivity (Wildman–Crippen MR) is 120 cm³/mol. The van der Waals surface area contributed by atoms with E-state index in [4.69, 9.17) is 9.47 Å². The highest BCUT2D eigenvalue weighted by Gasteiger charge is 2.15. The van der Waals surface area contributed by atoms with Crippen LogP contribution in [0.3, 0.4) is 0 Å². The number of hydrogen-bond donors (Lipinski definition) is 2. The molecule has 0 atom stereocenters. The molecule has 0 heterocycles. The number of hydrogen-bond acceptors (Lipinski definition) is 5. The van der Waals surface area contributed by atoms with Crippen LogP contribution in [0.2, 0.25) is 0 Å². The number of sulfonamides is 1. The highest BCUT2D eigenvalue weighted by molar-refractivity contribution is 7.92. The normalized spacial score (nSPS) is 10.7. The van der Waals surface area contributed by atoms with Gasteiger partial charge >= 0.3 is 0 Å². The zero-order valence-corrected chi connectivity index (χ0v) is 17.7. The third-order valence-electron chi connectivity index (χ3n) is 4.25. The van der Waals surface area contributed by atoms with E-state index in [2.05, 4.69) is 16.6 Å². The number of methoxy groups -OCH3 is 1. The summed E-state index contributed by atoms with van der Waals surface area (Å²) < 4.78 is 37.9. The molecule has 3 rings (SSSR count). The predicted octanol–water partition coefficient (Wildman–Crippen LogP) is 4.31. The molecule has 0 spiro atoms. The van der Waals surface area contributed by atoms with E-state index in [0.717, 1.165) is 0 Å². The van der Waals surface area contributed by atoms with Gasteiger partial charge < -0.3 is 14.8 Å². The smallest absolute Gasteiger partial charge is 0.261 e. The van der Waals surface area contributed by atoms with Crippen molar-refractivity contribution in [3.05, 3.63) is 91.0 Å². The summed E-state index contributed by atoms with van der Waals surface area (Å²) in [6.45, 7) is 3.99. The summed E-state index contributed by atoms with van der Waals surface area (Å²) in [6, 6.07) is 19.2. The number of amides is 1. The second kappa shape index (κ2) is 9.82. The number of benzene rings is 3. The Labute approximate surface area is 181 Å². The van der Waals surface area contributed by atoms with Crippen LogP contribution in [0.25, 0.3) is 0 Å². The van der Waals surface area contributed by atoms with Gasteiger partial charge in [-0.15, -0.1) is 0 Å². The average molecular weight is 439 g/mol. The minimum atomic E-state index is -3.75. The minimum absolute atomic E-state index is 0.107. The van der Waals surface area contributed by atoms with E-state index >= 15 is 0 Å². The molecule has 3 aromatic carbocycles. The van der Waals surface area contributed by atoms with Crippen molar-refractivity contribution in [1.82, 2.24) is 0 Å². The quantitative estimate of drug-likeness (QED) is 0.486. The van der Waals surface area contributed by atoms with Crippen LogP contribution in [0.15, 0.2) is 90.3 Å². The second-order valence-electron chi connectivity index (χ2n) is 6.44. The van der Waals surface area contributed by atoms with Crippen molar-refractivity contribution in [1.29, 1.82) is 0 Å². The summed E-state index contributed by atoms with van der Waals surface area (Å²) in [5, 5.41) is 2.78. The maximum Gasteiger partial charge on any atom is 0.261 e. The van der Waals surface area contributed by atoms with Gasteiger partial charge in [0.25, 0.3) is 15.9 Å². The van der Waals surface area contributed by atoms with Crippen molar-refractivity contribution in [2.75, 3.05) is 23.8 Å². The van der Waals surface area contributed by atoms with Crippen molar-refractivity contribution in [2.24, 2.45) is 0 Å². The molecule has 31 heavy (non-hydrogen) atoms. The standard InChI is InChI=1S/C23H22N2O5S/c1-3-16-30-21-10-8-18(9-11-21)24-23(26)17-4-6-19(7-5-17)25-31(27,28)22-14-12-20(29-2)13-15-22/h3-15,25H,1,16H2,2H3,(H,24,26). The molecule has 0 unspecified atom stereocenters. The Bertz CT molecular complexity index is 1140. The molecular weight excluding hydrogens is 416 g/mol. The Kier molecular flexibility index (Phi) is 6.94. The van der Waals surface area contributed by atoms with Crippen molar-refractivity contribution >= 4 is 27.3 Å². The Hall–Kier alpha value is -3.78. The third-order valence-corrected chi connectivity index (χ3v) is 5.65. The molecule has 1 amide bonds. The average Bonchev–Trinajstić information content (AvgIpc) is 2.79. The number of carbonyl (C=O) groups excluding carboxylic acids is 1. The van der Waals surface area contributed by atoms with Crippen LogP contribution >= 0.6 is 0 Å². The minimum Gasteiger partial charge on any atom is -0.497 e. The highest BCUT2D eigenvalue weighted by atomic mass is 32.2. The number of carbonyl (C=O) groups is 1. The summed E-state index contributed by atoms with van der Waals surface area (Å²) in [4.78, 5) is 12.6. The molecule has 2 N–H and O–H groups in total. The van der Waals surface area contributed by atoms with Gasteiger partial charge in [-0.1, -0.05) is 12.7 Å². The van der Waals surface area contributed by atoms with Gasteiger partial charge in [0.2, 0.25) is 0 Å². The van der Waals surface area contributed by atoms with E-state index in [9.17, 15) is 13.2 Å². The first-order valence-electron chi connectivity index (χ1n) is 9.33. The van der Waals surface area contributed by atoms with Crippen molar-refractivity contribution in [3.63, 3.8) is 0 Å². The molecule has 160 valence electrons. The van der Waals surface area contributed by atoms with Gasteiger partial charge in [0, 0.05) is 16.9 Å². The molecule has 0 bridgehead atoms. The first-order valence-corrected chi connectivity index (χ1v) is 10.8. The number of ether oxygens (including phenoxy) is 2. The molecule has 0 saturated heterocycles. The van der Waals surface area contributed by atoms with Gasteiger partial charge in [-0.05, 0) is 72.8 Å². The molecule has 8 heteroatoms. The summed E-state index contributed by atoms with van der Waals surface area (Å²) in [7, 11) is -2.25. The van der Waals surface area contributed by atoms with E-state index in [1.54, 1.807) is 54.6 Å². The molecular formula is C23H22N2O5S. The molecule has 0 radical (unpaired) electrons. The van der Waals surface area contributed by atoms with Gasteiger partial charge in [0.1, 0.15) is 18.1 Å². The van der Waals surface area contributed by atoms with Crippen molar-refractivity contribution in [2.45, 2.75) is 4.90 Å². The lowest BCUT2D eigenvalue weighted by Crippen LogP contribution is -2.14. The van der Waals surface area contributed by atoms with E-state index in [1.165, 1.54) is 31.4 Å². The van der Waals surface area contributed by atoms with Crippen LogP contribution < -0.4 is 19.5 Å². The Morgan fingerprint density at radius 2 is 1.48 bits per heavy atom. The first kappa shape index (κ1) is 21.9. The molecule has 0 aliphatic carbocycles. The van der Waals surface area contributed by atoms with Crippen LogP contribution in [0.1, 0.15) is 10.4 Å². The van der Waals surface area contributed by atoms with Gasteiger partial charge in [-0.3, -0.25) is 9.52 Å². The highest BCUT2D eigenvalue weighted by Crippen LogP contribution is 2.20. The number of anilines is 2. The van der Waals surface area contributed by atoms with Gasteiger partial charge in [-0.2, -0.15) is 0 Å². The largest absolute Gasteiger partial charge is 0.497 e. The van der Waals surface area contributed by atoms with Gasteiger partial charge in [0.15, 0.2) is 0 Å². The lowest BCUT2D eigenvalue weighted by Gasteiger charge is -2.10. The molecule has 0 aliphatic heterocycles. The summed E-state index contributed by atoms with van der Waals surface area (Å²) in [6.07, 6.45) is 1.65. The van der Waals surface area contributed by atoms with Crippen molar-refractivity contribution in [3.8, 4) is 11.5 Å². The fraction of sp³-hybridized carbons (Fsp3) is 0.0870. The van der Waals surface area contributed by atoms with Gasteiger partial charge in [0.05, 0.1) is 12.0 Å². The van der Waals surface area contributed by atoms with E-state index in [0.29, 0.717) is 35.0 Å². The molecule has 0 saturated carbocycles. The topological polar surface area (TPSA) is 93.7 Å². The van der Waals surface area contributed by atoms with Crippen LogP contribution in [-0.2, 0) is 10.0 Å². The molecule has 3 aromatic rings. The Balaban J connectivity index is 1.63. The van der Waals surface area contributed by atoms with Crippen LogP contribution in [0.5, 0.6) is 11.5 Å².